The van der Waals surface area contributed by atoms with Crippen LogP contribution in [-0.4, -0.2) is 64.4 Å². The van der Waals surface area contributed by atoms with Gasteiger partial charge in [-0.15, -0.1) is 0 Å². The molecule has 1 aromatic rings. The number of benzene rings is 1. The van der Waals surface area contributed by atoms with Gasteiger partial charge in [0.15, 0.2) is 21.3 Å². The van der Waals surface area contributed by atoms with Gasteiger partial charge in [0, 0.05) is 45.1 Å². The molecule has 0 saturated carbocycles. The number of hydrogen-bond acceptors (Lipinski definition) is 6. The molecule has 3 aliphatic rings. The van der Waals surface area contributed by atoms with Gasteiger partial charge < -0.3 is 19.7 Å². The fraction of sp³-hybridized carbons (Fsp3) is 0.611. The third-order valence-corrected chi connectivity index (χ3v) is 7.12. The fourth-order valence-electron chi connectivity index (χ4n) is 3.89. The molecule has 4 rings (SSSR count). The van der Waals surface area contributed by atoms with Crippen molar-refractivity contribution in [3.05, 3.63) is 18.2 Å². The molecule has 26 heavy (non-hydrogen) atoms. The summed E-state index contributed by atoms with van der Waals surface area (Å²) < 4.78 is 36.4. The molecule has 2 saturated heterocycles. The van der Waals surface area contributed by atoms with Gasteiger partial charge in [-0.2, -0.15) is 0 Å². The monoisotopic (exact) mass is 380 g/mol. The molecule has 0 aromatic heterocycles. The van der Waals surface area contributed by atoms with Crippen molar-refractivity contribution >= 4 is 15.7 Å². The number of nitrogens with one attached hydrogen (secondary N) is 1. The Kier molecular flexibility index (Phi) is 4.79. The Hall–Kier alpha value is -1.80. The highest BCUT2D eigenvalue weighted by atomic mass is 32.2. The van der Waals surface area contributed by atoms with Gasteiger partial charge in [0.05, 0.1) is 23.9 Å². The Morgan fingerprint density at radius 3 is 2.54 bits per heavy atom. The van der Waals surface area contributed by atoms with Crippen LogP contribution in [0, 0.1) is 11.8 Å². The molecule has 0 bridgehead atoms. The fourth-order valence-corrected chi connectivity index (χ4v) is 5.13. The first-order chi connectivity index (χ1) is 12.5. The summed E-state index contributed by atoms with van der Waals surface area (Å²) in [5.41, 5.74) is 0. The van der Waals surface area contributed by atoms with Crippen LogP contribution in [0.2, 0.25) is 0 Å². The minimum Gasteiger partial charge on any atom is -0.490 e. The topological polar surface area (TPSA) is 84.9 Å². The summed E-state index contributed by atoms with van der Waals surface area (Å²) in [5.74, 6) is 1.78. The van der Waals surface area contributed by atoms with Crippen molar-refractivity contribution in [2.75, 3.05) is 45.1 Å². The van der Waals surface area contributed by atoms with E-state index in [0.717, 1.165) is 32.6 Å². The highest BCUT2D eigenvalue weighted by Crippen LogP contribution is 2.32. The number of amides is 1. The summed E-state index contributed by atoms with van der Waals surface area (Å²) in [6.45, 7) is 4.43. The predicted molar refractivity (Wildman–Crippen MR) is 95.1 cm³/mol. The summed E-state index contributed by atoms with van der Waals surface area (Å²) in [6.07, 6.45) is 0.780. The van der Waals surface area contributed by atoms with Crippen LogP contribution in [0.4, 0.5) is 0 Å². The number of sulfone groups is 1. The van der Waals surface area contributed by atoms with Crippen LogP contribution < -0.4 is 14.8 Å². The SMILES string of the molecule is O=C(CCS(=O)(=O)c1ccc2c(c1)OCCCO2)N1C[C@H]2CNC[C@H]2C1. The first-order valence-corrected chi connectivity index (χ1v) is 10.8. The molecule has 0 spiro atoms. The van der Waals surface area contributed by atoms with Crippen molar-refractivity contribution in [2.24, 2.45) is 11.8 Å². The van der Waals surface area contributed by atoms with E-state index in [1.165, 1.54) is 12.1 Å². The van der Waals surface area contributed by atoms with Crippen LogP contribution >= 0.6 is 0 Å². The van der Waals surface area contributed by atoms with Crippen LogP contribution in [0.3, 0.4) is 0 Å². The highest BCUT2D eigenvalue weighted by molar-refractivity contribution is 7.91. The van der Waals surface area contributed by atoms with E-state index in [4.69, 9.17) is 9.47 Å². The number of carbonyl (C=O) groups is 1. The molecule has 2 fully saturated rings. The van der Waals surface area contributed by atoms with Gasteiger partial charge in [0.1, 0.15) is 0 Å². The summed E-state index contributed by atoms with van der Waals surface area (Å²) in [4.78, 5) is 14.4. The molecular formula is C18H24N2O5S. The maximum Gasteiger partial charge on any atom is 0.223 e. The quantitative estimate of drug-likeness (QED) is 0.827. The zero-order chi connectivity index (χ0) is 18.1. The Morgan fingerprint density at radius 2 is 1.81 bits per heavy atom. The summed E-state index contributed by atoms with van der Waals surface area (Å²) in [5, 5.41) is 3.33. The van der Waals surface area contributed by atoms with E-state index in [9.17, 15) is 13.2 Å². The Bertz CT molecular complexity index is 783. The van der Waals surface area contributed by atoms with Gasteiger partial charge in [-0.1, -0.05) is 0 Å². The second-order valence-electron chi connectivity index (χ2n) is 7.21. The lowest BCUT2D eigenvalue weighted by atomic mass is 10.0. The van der Waals surface area contributed by atoms with Crippen molar-refractivity contribution in [1.29, 1.82) is 0 Å². The van der Waals surface area contributed by atoms with E-state index in [2.05, 4.69) is 5.32 Å². The number of fused-ring (bicyclic) bond motifs is 2. The zero-order valence-electron chi connectivity index (χ0n) is 14.6. The van der Waals surface area contributed by atoms with Crippen LogP contribution in [-0.2, 0) is 14.6 Å². The van der Waals surface area contributed by atoms with Crippen molar-refractivity contribution in [3.63, 3.8) is 0 Å². The molecule has 8 heteroatoms. The van der Waals surface area contributed by atoms with Crippen molar-refractivity contribution < 1.29 is 22.7 Å². The van der Waals surface area contributed by atoms with Gasteiger partial charge in [-0.25, -0.2) is 8.42 Å². The van der Waals surface area contributed by atoms with Gasteiger partial charge in [-0.05, 0) is 24.0 Å². The molecule has 0 radical (unpaired) electrons. The number of nitrogens with zero attached hydrogens (tertiary/aromatic N) is 1. The maximum atomic E-state index is 12.6. The lowest BCUT2D eigenvalue weighted by Crippen LogP contribution is -2.32. The minimum absolute atomic E-state index is 0.0175. The van der Waals surface area contributed by atoms with E-state index in [0.29, 0.717) is 36.5 Å². The minimum atomic E-state index is -3.54. The van der Waals surface area contributed by atoms with E-state index in [-0.39, 0.29) is 23.0 Å². The molecule has 1 amide bonds. The van der Waals surface area contributed by atoms with Gasteiger partial charge in [0.25, 0.3) is 0 Å². The largest absolute Gasteiger partial charge is 0.490 e. The van der Waals surface area contributed by atoms with Crippen molar-refractivity contribution in [1.82, 2.24) is 10.2 Å². The summed E-state index contributed by atoms with van der Waals surface area (Å²) in [7, 11) is -3.54. The third-order valence-electron chi connectivity index (χ3n) is 5.40. The number of hydrogen-bond donors (Lipinski definition) is 1. The molecule has 2 atom stereocenters. The molecular weight excluding hydrogens is 356 g/mol. The Labute approximate surface area is 153 Å². The smallest absolute Gasteiger partial charge is 0.223 e. The van der Waals surface area contributed by atoms with Crippen molar-refractivity contribution in [3.8, 4) is 11.5 Å². The molecule has 1 aromatic carbocycles. The molecule has 3 aliphatic heterocycles. The number of likely N-dealkylation sites (tertiary alicyclic amines) is 1. The number of ether oxygens (including phenoxy) is 2. The lowest BCUT2D eigenvalue weighted by Gasteiger charge is -2.17. The lowest BCUT2D eigenvalue weighted by molar-refractivity contribution is -0.130. The van der Waals surface area contributed by atoms with Crippen LogP contribution in [0.25, 0.3) is 0 Å². The van der Waals surface area contributed by atoms with E-state index >= 15 is 0 Å². The normalized spacial score (nSPS) is 25.0. The van der Waals surface area contributed by atoms with Gasteiger partial charge >= 0.3 is 0 Å². The van der Waals surface area contributed by atoms with E-state index < -0.39 is 9.84 Å². The maximum absolute atomic E-state index is 12.6. The Morgan fingerprint density at radius 1 is 1.12 bits per heavy atom. The van der Waals surface area contributed by atoms with E-state index in [1.807, 2.05) is 4.90 Å². The molecule has 142 valence electrons. The van der Waals surface area contributed by atoms with Crippen molar-refractivity contribution in [2.45, 2.75) is 17.7 Å². The highest BCUT2D eigenvalue weighted by Gasteiger charge is 2.38. The number of rotatable bonds is 4. The second kappa shape index (κ2) is 7.08. The Balaban J connectivity index is 1.39. The van der Waals surface area contributed by atoms with Crippen LogP contribution in [0.5, 0.6) is 11.5 Å². The van der Waals surface area contributed by atoms with Crippen LogP contribution in [0.15, 0.2) is 23.1 Å². The van der Waals surface area contributed by atoms with E-state index in [1.54, 1.807) is 6.07 Å². The van der Waals surface area contributed by atoms with Gasteiger partial charge in [-0.3, -0.25) is 4.79 Å². The first-order valence-electron chi connectivity index (χ1n) is 9.14. The second-order valence-corrected chi connectivity index (χ2v) is 9.31. The third kappa shape index (κ3) is 3.53. The standard InChI is InChI=1S/C18H24N2O5S/c21-18(20-11-13-9-19-10-14(13)12-20)4-7-26(22,23)15-2-3-16-17(8-15)25-6-1-5-24-16/h2-3,8,13-14,19H,1,4-7,9-12H2/t13-,14+. The molecule has 1 N–H and O–H groups in total. The van der Waals surface area contributed by atoms with Crippen LogP contribution in [0.1, 0.15) is 12.8 Å². The molecule has 3 heterocycles. The summed E-state index contributed by atoms with van der Waals surface area (Å²) in [6, 6.07) is 4.66. The number of carbonyl (C=O) groups excluding carboxylic acids is 1. The predicted octanol–water partition coefficient (Wildman–Crippen LogP) is 0.690. The average Bonchev–Trinajstić information content (AvgIpc) is 3.14. The average molecular weight is 380 g/mol. The first kappa shape index (κ1) is 17.6. The van der Waals surface area contributed by atoms with Gasteiger partial charge in [0.2, 0.25) is 5.91 Å². The molecule has 0 aliphatic carbocycles. The molecule has 0 unspecified atom stereocenters. The zero-order valence-corrected chi connectivity index (χ0v) is 15.5. The molecule has 7 nitrogen and oxygen atoms in total. The summed E-state index contributed by atoms with van der Waals surface area (Å²) >= 11 is 0.